The second-order valence-corrected chi connectivity index (χ2v) is 11.1. The van der Waals surface area contributed by atoms with Crippen LogP contribution in [-0.4, -0.2) is 29.6 Å². The molecule has 0 saturated heterocycles. The lowest BCUT2D eigenvalue weighted by Crippen LogP contribution is -2.26. The summed E-state index contributed by atoms with van der Waals surface area (Å²) in [5, 5.41) is 0. The highest BCUT2D eigenvalue weighted by atomic mass is 32.2. The van der Waals surface area contributed by atoms with E-state index < -0.39 is 15.6 Å². The molecule has 1 unspecified atom stereocenters. The SMILES string of the molecule is CC1(C)COc2cc3c(c(C(=O)N=S(C)(=O)c4ccccc4)c21)C(C)(C)CO3. The number of hydrogen-bond acceptors (Lipinski definition) is 4. The van der Waals surface area contributed by atoms with Gasteiger partial charge in [0.05, 0.1) is 28.5 Å². The molecule has 0 fully saturated rings. The topological polar surface area (TPSA) is 65.0 Å². The Labute approximate surface area is 166 Å². The molecule has 2 aromatic carbocycles. The number of benzene rings is 2. The average Bonchev–Trinajstić information content (AvgIpc) is 3.10. The molecule has 2 heterocycles. The lowest BCUT2D eigenvalue weighted by atomic mass is 9.76. The summed E-state index contributed by atoms with van der Waals surface area (Å²) in [6, 6.07) is 10.8. The molecule has 5 nitrogen and oxygen atoms in total. The second-order valence-electron chi connectivity index (χ2n) is 8.85. The molecule has 0 aliphatic carbocycles. The van der Waals surface area contributed by atoms with E-state index in [-0.39, 0.29) is 10.8 Å². The first-order valence-electron chi connectivity index (χ1n) is 9.32. The Balaban J connectivity index is 1.97. The Morgan fingerprint density at radius 3 is 1.96 bits per heavy atom. The van der Waals surface area contributed by atoms with Crippen molar-refractivity contribution in [1.29, 1.82) is 0 Å². The smallest absolute Gasteiger partial charge is 0.286 e. The van der Waals surface area contributed by atoms with E-state index in [0.717, 1.165) is 11.1 Å². The normalized spacial score (nSPS) is 20.3. The number of nitrogens with zero attached hydrogens (tertiary/aromatic N) is 1. The number of rotatable bonds is 2. The standard InChI is InChI=1S/C22H25NO4S/c1-21(2)12-26-15-11-16-19(22(3,4)13-27-16)17(18(15)21)20(24)23-28(5,25)14-9-7-6-8-10-14/h6-11H,12-13H2,1-5H3. The molecule has 4 rings (SSSR count). The van der Waals surface area contributed by atoms with Gasteiger partial charge in [0.15, 0.2) is 0 Å². The molecular formula is C22H25NO4S. The van der Waals surface area contributed by atoms with Crippen LogP contribution in [-0.2, 0) is 20.6 Å². The molecule has 148 valence electrons. The number of fused-ring (bicyclic) bond motifs is 2. The summed E-state index contributed by atoms with van der Waals surface area (Å²) in [5.41, 5.74) is 1.47. The summed E-state index contributed by atoms with van der Waals surface area (Å²) >= 11 is 0. The highest BCUT2D eigenvalue weighted by Crippen LogP contribution is 2.51. The van der Waals surface area contributed by atoms with Crippen LogP contribution in [0.3, 0.4) is 0 Å². The van der Waals surface area contributed by atoms with E-state index in [1.165, 1.54) is 6.26 Å². The molecule has 0 N–H and O–H groups in total. The minimum absolute atomic E-state index is 0.342. The molecule has 0 aromatic heterocycles. The van der Waals surface area contributed by atoms with Gasteiger partial charge in [-0.15, -0.1) is 0 Å². The lowest BCUT2D eigenvalue weighted by molar-refractivity contribution is 0.100. The zero-order valence-corrected chi connectivity index (χ0v) is 17.7. The van der Waals surface area contributed by atoms with Gasteiger partial charge in [-0.1, -0.05) is 45.9 Å². The van der Waals surface area contributed by atoms with Crippen molar-refractivity contribution < 1.29 is 18.5 Å². The molecule has 2 aliphatic rings. The third-order valence-corrected chi connectivity index (χ3v) is 7.10. The summed E-state index contributed by atoms with van der Waals surface area (Å²) in [6.07, 6.45) is 1.51. The van der Waals surface area contributed by atoms with E-state index in [1.807, 2.05) is 39.8 Å². The van der Waals surface area contributed by atoms with Gasteiger partial charge in [0.25, 0.3) is 5.91 Å². The van der Waals surface area contributed by atoms with Gasteiger partial charge in [-0.2, -0.15) is 4.36 Å². The Morgan fingerprint density at radius 2 is 1.46 bits per heavy atom. The molecule has 0 radical (unpaired) electrons. The molecule has 2 aromatic rings. The number of hydrogen-bond donors (Lipinski definition) is 0. The second kappa shape index (κ2) is 6.08. The van der Waals surface area contributed by atoms with Gasteiger partial charge in [0, 0.05) is 39.2 Å². The first-order valence-corrected chi connectivity index (χ1v) is 11.2. The molecule has 0 bridgehead atoms. The summed E-state index contributed by atoms with van der Waals surface area (Å²) < 4.78 is 29.2. The minimum atomic E-state index is -2.87. The van der Waals surface area contributed by atoms with Crippen LogP contribution >= 0.6 is 0 Å². The average molecular weight is 400 g/mol. The van der Waals surface area contributed by atoms with E-state index in [1.54, 1.807) is 24.3 Å². The van der Waals surface area contributed by atoms with Gasteiger partial charge in [-0.05, 0) is 12.1 Å². The fourth-order valence-corrected chi connectivity index (χ4v) is 5.19. The maximum absolute atomic E-state index is 13.5. The monoisotopic (exact) mass is 399 g/mol. The Kier molecular flexibility index (Phi) is 4.12. The minimum Gasteiger partial charge on any atom is -0.492 e. The van der Waals surface area contributed by atoms with Gasteiger partial charge in [-0.3, -0.25) is 4.79 Å². The number of ether oxygens (including phenoxy) is 2. The van der Waals surface area contributed by atoms with Crippen molar-refractivity contribution in [2.75, 3.05) is 19.5 Å². The first kappa shape index (κ1) is 19.0. The summed E-state index contributed by atoms with van der Waals surface area (Å²) in [4.78, 5) is 14.0. The molecule has 2 aliphatic heterocycles. The third-order valence-electron chi connectivity index (χ3n) is 5.44. The van der Waals surface area contributed by atoms with E-state index >= 15 is 0 Å². The molecule has 1 amide bonds. The predicted octanol–water partition coefficient (Wildman–Crippen LogP) is 4.32. The van der Waals surface area contributed by atoms with Crippen molar-refractivity contribution >= 4 is 15.6 Å². The first-order chi connectivity index (χ1) is 13.0. The fourth-order valence-electron chi connectivity index (χ4n) is 4.01. The van der Waals surface area contributed by atoms with Gasteiger partial charge < -0.3 is 9.47 Å². The maximum Gasteiger partial charge on any atom is 0.286 e. The van der Waals surface area contributed by atoms with Crippen LogP contribution in [0.5, 0.6) is 11.5 Å². The fraction of sp³-hybridized carbons (Fsp3) is 0.409. The summed E-state index contributed by atoms with van der Waals surface area (Å²) in [7, 11) is -2.87. The molecule has 0 saturated carbocycles. The molecule has 6 heteroatoms. The van der Waals surface area contributed by atoms with E-state index in [2.05, 4.69) is 4.36 Å². The lowest BCUT2D eigenvalue weighted by Gasteiger charge is -2.24. The zero-order chi connectivity index (χ0) is 20.3. The van der Waals surface area contributed by atoms with Crippen molar-refractivity contribution in [3.63, 3.8) is 0 Å². The Bertz CT molecular complexity index is 1050. The van der Waals surface area contributed by atoms with Crippen LogP contribution in [0.25, 0.3) is 0 Å². The maximum atomic E-state index is 13.5. The highest BCUT2D eigenvalue weighted by Gasteiger charge is 2.44. The number of amides is 1. The van der Waals surface area contributed by atoms with Gasteiger partial charge >= 0.3 is 0 Å². The van der Waals surface area contributed by atoms with E-state index in [0.29, 0.717) is 35.2 Å². The van der Waals surface area contributed by atoms with Crippen molar-refractivity contribution in [3.8, 4) is 11.5 Å². The van der Waals surface area contributed by atoms with Gasteiger partial charge in [-0.25, -0.2) is 4.21 Å². The van der Waals surface area contributed by atoms with Crippen molar-refractivity contribution in [1.82, 2.24) is 0 Å². The van der Waals surface area contributed by atoms with Crippen LogP contribution in [0, 0.1) is 0 Å². The largest absolute Gasteiger partial charge is 0.492 e. The Hall–Kier alpha value is -2.34. The van der Waals surface area contributed by atoms with Crippen LogP contribution in [0.1, 0.15) is 49.2 Å². The van der Waals surface area contributed by atoms with Crippen LogP contribution in [0.4, 0.5) is 0 Å². The molecule has 0 spiro atoms. The molecular weight excluding hydrogens is 374 g/mol. The number of carbonyl (C=O) groups excluding carboxylic acids is 1. The van der Waals surface area contributed by atoms with Crippen LogP contribution in [0.15, 0.2) is 45.7 Å². The quantitative estimate of drug-likeness (QED) is 0.754. The third kappa shape index (κ3) is 2.91. The van der Waals surface area contributed by atoms with E-state index in [9.17, 15) is 9.00 Å². The van der Waals surface area contributed by atoms with Gasteiger partial charge in [0.1, 0.15) is 11.5 Å². The van der Waals surface area contributed by atoms with Crippen LogP contribution in [0.2, 0.25) is 0 Å². The van der Waals surface area contributed by atoms with E-state index in [4.69, 9.17) is 9.47 Å². The molecule has 1 atom stereocenters. The van der Waals surface area contributed by atoms with Crippen molar-refractivity contribution in [2.24, 2.45) is 4.36 Å². The van der Waals surface area contributed by atoms with Crippen LogP contribution < -0.4 is 9.47 Å². The molecule has 28 heavy (non-hydrogen) atoms. The van der Waals surface area contributed by atoms with Crippen molar-refractivity contribution in [3.05, 3.63) is 53.1 Å². The predicted molar refractivity (Wildman–Crippen MR) is 109 cm³/mol. The Morgan fingerprint density at radius 1 is 0.964 bits per heavy atom. The van der Waals surface area contributed by atoms with Crippen molar-refractivity contribution in [2.45, 2.75) is 43.4 Å². The summed E-state index contributed by atoms with van der Waals surface area (Å²) in [5.74, 6) is 0.839. The summed E-state index contributed by atoms with van der Waals surface area (Å²) in [6.45, 7) is 9.14. The highest BCUT2D eigenvalue weighted by molar-refractivity contribution is 7.93. The van der Waals surface area contributed by atoms with Gasteiger partial charge in [0.2, 0.25) is 0 Å². The zero-order valence-electron chi connectivity index (χ0n) is 16.9. The number of carbonyl (C=O) groups is 1.